The molecule has 1 nitrogen and oxygen atoms in total. The zero-order chi connectivity index (χ0) is 7.28. The summed E-state index contributed by atoms with van der Waals surface area (Å²) in [7, 11) is 0. The third-order valence-electron chi connectivity index (χ3n) is 1.19. The van der Waals surface area contributed by atoms with E-state index in [1.54, 1.807) is 0 Å². The SMILES string of the molecule is CCCC(C)N=C(C)C. The van der Waals surface area contributed by atoms with Gasteiger partial charge in [-0.2, -0.15) is 0 Å². The fraction of sp³-hybridized carbons (Fsp3) is 0.875. The molecule has 0 rings (SSSR count). The van der Waals surface area contributed by atoms with E-state index in [2.05, 4.69) is 18.8 Å². The molecule has 1 atom stereocenters. The van der Waals surface area contributed by atoms with Gasteiger partial charge in [0.1, 0.15) is 0 Å². The largest absolute Gasteiger partial charge is 0.292 e. The van der Waals surface area contributed by atoms with Gasteiger partial charge >= 0.3 is 0 Å². The molecule has 0 aliphatic rings. The van der Waals surface area contributed by atoms with E-state index in [4.69, 9.17) is 0 Å². The van der Waals surface area contributed by atoms with E-state index in [0.717, 1.165) is 0 Å². The van der Waals surface area contributed by atoms with Crippen LogP contribution in [0.3, 0.4) is 0 Å². The van der Waals surface area contributed by atoms with Gasteiger partial charge < -0.3 is 0 Å². The maximum atomic E-state index is 4.38. The van der Waals surface area contributed by atoms with Crippen molar-refractivity contribution in [3.8, 4) is 0 Å². The summed E-state index contributed by atoms with van der Waals surface area (Å²) < 4.78 is 0. The zero-order valence-electron chi connectivity index (χ0n) is 6.94. The lowest BCUT2D eigenvalue weighted by Crippen LogP contribution is -1.99. The first kappa shape index (κ1) is 8.67. The molecule has 0 saturated heterocycles. The van der Waals surface area contributed by atoms with Crippen molar-refractivity contribution in [2.45, 2.75) is 46.6 Å². The van der Waals surface area contributed by atoms with Crippen molar-refractivity contribution in [3.63, 3.8) is 0 Å². The maximum absolute atomic E-state index is 4.38. The van der Waals surface area contributed by atoms with Crippen LogP contribution in [0.2, 0.25) is 0 Å². The van der Waals surface area contributed by atoms with Gasteiger partial charge in [-0.15, -0.1) is 0 Å². The third kappa shape index (κ3) is 5.54. The topological polar surface area (TPSA) is 12.4 Å². The minimum atomic E-state index is 0.528. The molecular weight excluding hydrogens is 110 g/mol. The first-order chi connectivity index (χ1) is 4.16. The van der Waals surface area contributed by atoms with Gasteiger partial charge in [0.2, 0.25) is 0 Å². The fourth-order valence-electron chi connectivity index (χ4n) is 0.923. The number of hydrogen-bond acceptors (Lipinski definition) is 1. The molecule has 1 unspecified atom stereocenters. The third-order valence-corrected chi connectivity index (χ3v) is 1.19. The summed E-state index contributed by atoms with van der Waals surface area (Å²) in [5.41, 5.74) is 1.19. The summed E-state index contributed by atoms with van der Waals surface area (Å²) in [6.07, 6.45) is 2.45. The Morgan fingerprint density at radius 1 is 1.44 bits per heavy atom. The number of hydrogen-bond donors (Lipinski definition) is 0. The zero-order valence-corrected chi connectivity index (χ0v) is 6.94. The van der Waals surface area contributed by atoms with Gasteiger partial charge in [-0.3, -0.25) is 4.99 Å². The Hall–Kier alpha value is -0.330. The van der Waals surface area contributed by atoms with Crippen molar-refractivity contribution < 1.29 is 0 Å². The van der Waals surface area contributed by atoms with E-state index in [1.807, 2.05) is 13.8 Å². The van der Waals surface area contributed by atoms with Gasteiger partial charge in [0, 0.05) is 11.8 Å². The lowest BCUT2D eigenvalue weighted by Gasteiger charge is -2.02. The molecule has 54 valence electrons. The molecule has 0 aromatic rings. The van der Waals surface area contributed by atoms with Crippen LogP contribution in [0.25, 0.3) is 0 Å². The van der Waals surface area contributed by atoms with Crippen molar-refractivity contribution in [2.75, 3.05) is 0 Å². The van der Waals surface area contributed by atoms with Crippen LogP contribution in [0.5, 0.6) is 0 Å². The highest BCUT2D eigenvalue weighted by Crippen LogP contribution is 1.99. The van der Waals surface area contributed by atoms with Gasteiger partial charge in [-0.05, 0) is 27.2 Å². The molecule has 0 radical (unpaired) electrons. The summed E-state index contributed by atoms with van der Waals surface area (Å²) in [6.45, 7) is 8.45. The van der Waals surface area contributed by atoms with Crippen molar-refractivity contribution >= 4 is 5.71 Å². The molecule has 0 saturated carbocycles. The average molecular weight is 127 g/mol. The first-order valence-corrected chi connectivity index (χ1v) is 3.67. The minimum absolute atomic E-state index is 0.528. The van der Waals surface area contributed by atoms with Crippen molar-refractivity contribution in [1.29, 1.82) is 0 Å². The van der Waals surface area contributed by atoms with Crippen LogP contribution in [0.15, 0.2) is 4.99 Å². The van der Waals surface area contributed by atoms with Crippen molar-refractivity contribution in [3.05, 3.63) is 0 Å². The van der Waals surface area contributed by atoms with Crippen molar-refractivity contribution in [1.82, 2.24) is 0 Å². The molecule has 0 aliphatic heterocycles. The maximum Gasteiger partial charge on any atom is 0.0470 e. The standard InChI is InChI=1S/C8H17N/c1-5-6-8(4)9-7(2)3/h8H,5-6H2,1-4H3. The molecule has 0 heterocycles. The monoisotopic (exact) mass is 127 g/mol. The van der Waals surface area contributed by atoms with E-state index in [-0.39, 0.29) is 0 Å². The summed E-state index contributed by atoms with van der Waals surface area (Å²) in [5, 5.41) is 0. The molecule has 0 fully saturated rings. The molecule has 0 aromatic heterocycles. The predicted molar refractivity (Wildman–Crippen MR) is 43.2 cm³/mol. The summed E-state index contributed by atoms with van der Waals surface area (Å²) >= 11 is 0. The van der Waals surface area contributed by atoms with E-state index in [0.29, 0.717) is 6.04 Å². The number of nitrogens with zero attached hydrogens (tertiary/aromatic N) is 1. The van der Waals surface area contributed by atoms with E-state index in [9.17, 15) is 0 Å². The van der Waals surface area contributed by atoms with E-state index in [1.165, 1.54) is 18.6 Å². The Morgan fingerprint density at radius 2 is 2.00 bits per heavy atom. The van der Waals surface area contributed by atoms with Crippen LogP contribution in [-0.2, 0) is 0 Å². The fourth-order valence-corrected chi connectivity index (χ4v) is 0.923. The van der Waals surface area contributed by atoms with Crippen LogP contribution in [0.1, 0.15) is 40.5 Å². The number of aliphatic imine (C=N–C) groups is 1. The van der Waals surface area contributed by atoms with Crippen LogP contribution >= 0.6 is 0 Å². The van der Waals surface area contributed by atoms with Gasteiger partial charge in [0.25, 0.3) is 0 Å². The molecular formula is C8H17N. The van der Waals surface area contributed by atoms with Crippen LogP contribution < -0.4 is 0 Å². The Balaban J connectivity index is 3.49. The Kier molecular flexibility index (Phi) is 4.37. The molecule has 9 heavy (non-hydrogen) atoms. The smallest absolute Gasteiger partial charge is 0.0470 e. The van der Waals surface area contributed by atoms with Gasteiger partial charge in [-0.25, -0.2) is 0 Å². The average Bonchev–Trinajstić information content (AvgIpc) is 1.63. The summed E-state index contributed by atoms with van der Waals surface area (Å²) in [5.74, 6) is 0. The second-order valence-electron chi connectivity index (χ2n) is 2.71. The second kappa shape index (κ2) is 4.54. The highest BCUT2D eigenvalue weighted by Gasteiger charge is 1.93. The Bertz CT molecular complexity index is 90.7. The molecule has 0 N–H and O–H groups in total. The van der Waals surface area contributed by atoms with Crippen LogP contribution in [0.4, 0.5) is 0 Å². The summed E-state index contributed by atoms with van der Waals surface area (Å²) in [4.78, 5) is 4.38. The van der Waals surface area contributed by atoms with Crippen LogP contribution in [-0.4, -0.2) is 11.8 Å². The summed E-state index contributed by atoms with van der Waals surface area (Å²) in [6, 6.07) is 0.528. The lowest BCUT2D eigenvalue weighted by molar-refractivity contribution is 0.654. The van der Waals surface area contributed by atoms with E-state index < -0.39 is 0 Å². The van der Waals surface area contributed by atoms with E-state index >= 15 is 0 Å². The Morgan fingerprint density at radius 3 is 2.33 bits per heavy atom. The molecule has 1 heteroatoms. The number of rotatable bonds is 3. The molecule has 0 aliphatic carbocycles. The molecule has 0 amide bonds. The molecule has 0 bridgehead atoms. The van der Waals surface area contributed by atoms with Gasteiger partial charge in [0.05, 0.1) is 0 Å². The van der Waals surface area contributed by atoms with Crippen molar-refractivity contribution in [2.24, 2.45) is 4.99 Å². The highest BCUT2D eigenvalue weighted by atomic mass is 14.8. The van der Waals surface area contributed by atoms with Crippen LogP contribution in [0, 0.1) is 0 Å². The Labute approximate surface area is 58.2 Å². The highest BCUT2D eigenvalue weighted by molar-refractivity contribution is 5.79. The normalized spacial score (nSPS) is 12.9. The molecule has 0 aromatic carbocycles. The first-order valence-electron chi connectivity index (χ1n) is 3.67. The lowest BCUT2D eigenvalue weighted by atomic mass is 10.2. The van der Waals surface area contributed by atoms with Gasteiger partial charge in [0.15, 0.2) is 0 Å². The quantitative estimate of drug-likeness (QED) is 0.517. The minimum Gasteiger partial charge on any atom is -0.292 e. The predicted octanol–water partition coefficient (Wildman–Crippen LogP) is 2.66. The second-order valence-corrected chi connectivity index (χ2v) is 2.71. The molecule has 0 spiro atoms. The van der Waals surface area contributed by atoms with Gasteiger partial charge in [-0.1, -0.05) is 13.3 Å².